The van der Waals surface area contributed by atoms with Crippen molar-refractivity contribution >= 4 is 29.1 Å². The Labute approximate surface area is 208 Å². The Balaban J connectivity index is 2.22. The number of methoxy groups -OCH3 is 1. The monoisotopic (exact) mass is 498 g/mol. The maximum atomic E-state index is 13.3. The van der Waals surface area contributed by atoms with Crippen molar-refractivity contribution in [2.75, 3.05) is 33.3 Å². The van der Waals surface area contributed by atoms with Gasteiger partial charge >= 0.3 is 5.97 Å². The number of ketones is 1. The molecule has 1 aliphatic rings. The van der Waals surface area contributed by atoms with E-state index in [2.05, 4.69) is 9.88 Å². The van der Waals surface area contributed by atoms with Gasteiger partial charge in [-0.1, -0.05) is 26.0 Å². The second-order valence-electron chi connectivity index (χ2n) is 8.49. The summed E-state index contributed by atoms with van der Waals surface area (Å²) in [6.07, 6.45) is 0. The summed E-state index contributed by atoms with van der Waals surface area (Å²) in [6, 6.07) is 4.62. The molecule has 1 fully saturated rings. The molecule has 2 N–H and O–H groups in total. The Morgan fingerprint density at radius 3 is 2.50 bits per heavy atom. The first-order valence-corrected chi connectivity index (χ1v) is 11.6. The number of rotatable bonds is 9. The first kappa shape index (κ1) is 26.6. The number of aliphatic hydroxyl groups is 1. The molecule has 3 rings (SSSR count). The van der Waals surface area contributed by atoms with Gasteiger partial charge in [-0.05, 0) is 38.1 Å². The molecular weight excluding hydrogens is 468 g/mol. The van der Waals surface area contributed by atoms with Gasteiger partial charge in [-0.15, -0.1) is 0 Å². The minimum atomic E-state index is -1.05. The number of benzene rings is 1. The van der Waals surface area contributed by atoms with E-state index < -0.39 is 34.4 Å². The number of non-ortho nitro benzene ring substituents is 1. The molecule has 1 aliphatic heterocycles. The summed E-state index contributed by atoms with van der Waals surface area (Å²) in [4.78, 5) is 55.8. The van der Waals surface area contributed by atoms with E-state index in [0.717, 1.165) is 13.1 Å². The number of aromatic amines is 1. The highest BCUT2D eigenvalue weighted by Crippen LogP contribution is 2.41. The van der Waals surface area contributed by atoms with Gasteiger partial charge in [0.1, 0.15) is 11.5 Å². The Kier molecular flexibility index (Phi) is 7.93. The van der Waals surface area contributed by atoms with Crippen LogP contribution in [-0.4, -0.2) is 75.8 Å². The van der Waals surface area contributed by atoms with Crippen LogP contribution >= 0.6 is 0 Å². The molecule has 1 atom stereocenters. The van der Waals surface area contributed by atoms with Crippen molar-refractivity contribution < 1.29 is 29.2 Å². The van der Waals surface area contributed by atoms with E-state index in [1.54, 1.807) is 19.9 Å². The third kappa shape index (κ3) is 4.74. The van der Waals surface area contributed by atoms with Crippen LogP contribution in [0.1, 0.15) is 52.8 Å². The van der Waals surface area contributed by atoms with Gasteiger partial charge in [-0.25, -0.2) is 4.79 Å². The van der Waals surface area contributed by atoms with Crippen molar-refractivity contribution in [3.8, 4) is 0 Å². The third-order valence-electron chi connectivity index (χ3n) is 6.55. The first-order valence-electron chi connectivity index (χ1n) is 11.6. The molecule has 0 bridgehead atoms. The highest BCUT2D eigenvalue weighted by atomic mass is 16.6. The number of likely N-dealkylation sites (tertiary alicyclic amines) is 1. The molecule has 0 radical (unpaired) electrons. The number of H-pyrrole nitrogens is 1. The van der Waals surface area contributed by atoms with Gasteiger partial charge in [-0.2, -0.15) is 0 Å². The van der Waals surface area contributed by atoms with Gasteiger partial charge in [0, 0.05) is 36.5 Å². The number of hydrogen-bond acceptors (Lipinski definition) is 8. The van der Waals surface area contributed by atoms with E-state index in [1.807, 2.05) is 13.8 Å². The Bertz CT molecular complexity index is 1240. The zero-order valence-electron chi connectivity index (χ0n) is 21.0. The molecule has 0 saturated carbocycles. The van der Waals surface area contributed by atoms with E-state index >= 15 is 0 Å². The molecule has 0 unspecified atom stereocenters. The first-order chi connectivity index (χ1) is 17.1. The smallest absolute Gasteiger partial charge is 0.354 e. The zero-order chi connectivity index (χ0) is 26.7. The number of nitrogens with one attached hydrogen (secondary N) is 1. The Morgan fingerprint density at radius 2 is 1.92 bits per heavy atom. The molecule has 1 amide bonds. The number of aromatic nitrogens is 1. The van der Waals surface area contributed by atoms with Crippen LogP contribution in [0.5, 0.6) is 0 Å². The molecular formula is C25H30N4O7. The van der Waals surface area contributed by atoms with Gasteiger partial charge in [0.2, 0.25) is 0 Å². The number of carbonyl (C=O) groups is 3. The number of ether oxygens (including phenoxy) is 1. The standard InChI is InChI=1S/C25H30N4O7/c1-6-27(7-2)11-12-28-21(16-9-8-10-17(13-16)29(34)35)19(23(31)24(28)32)22(30)18-14(3)20(25(33)36-5)26-15(18)4/h8-10,13,21,26,30H,6-7,11-12H2,1-5H3/t21-/m0/s1. The number of carbonyl (C=O) groups excluding carboxylic acids is 3. The number of nitro groups is 1. The topological polar surface area (TPSA) is 146 Å². The van der Waals surface area contributed by atoms with Crippen molar-refractivity contribution in [1.82, 2.24) is 14.8 Å². The second kappa shape index (κ2) is 10.7. The molecule has 36 heavy (non-hydrogen) atoms. The molecule has 1 aromatic carbocycles. The summed E-state index contributed by atoms with van der Waals surface area (Å²) in [5, 5.41) is 22.8. The largest absolute Gasteiger partial charge is 0.507 e. The predicted octanol–water partition coefficient (Wildman–Crippen LogP) is 3.09. The lowest BCUT2D eigenvalue weighted by molar-refractivity contribution is -0.384. The van der Waals surface area contributed by atoms with Crippen molar-refractivity contribution in [1.29, 1.82) is 0 Å². The maximum Gasteiger partial charge on any atom is 0.354 e. The molecule has 0 aliphatic carbocycles. The van der Waals surface area contributed by atoms with E-state index in [-0.39, 0.29) is 29.1 Å². The van der Waals surface area contributed by atoms with Crippen LogP contribution < -0.4 is 0 Å². The van der Waals surface area contributed by atoms with Crippen LogP contribution in [0.3, 0.4) is 0 Å². The van der Waals surface area contributed by atoms with Crippen LogP contribution in [-0.2, 0) is 14.3 Å². The second-order valence-corrected chi connectivity index (χ2v) is 8.49. The summed E-state index contributed by atoms with van der Waals surface area (Å²) in [5.74, 6) is -2.82. The summed E-state index contributed by atoms with van der Waals surface area (Å²) in [6.45, 7) is 9.28. The number of hydrogen-bond donors (Lipinski definition) is 2. The predicted molar refractivity (Wildman–Crippen MR) is 132 cm³/mol. The number of nitro benzene ring substituents is 1. The summed E-state index contributed by atoms with van der Waals surface area (Å²) < 4.78 is 4.78. The SMILES string of the molecule is CCN(CC)CCN1C(=O)C(=O)C(=C(O)c2c(C)[nH]c(C(=O)OC)c2C)[C@@H]1c1cccc([N+](=O)[O-])c1. The number of aliphatic hydroxyl groups excluding tert-OH is 1. The van der Waals surface area contributed by atoms with Gasteiger partial charge < -0.3 is 24.6 Å². The summed E-state index contributed by atoms with van der Waals surface area (Å²) in [5.41, 5.74) is 0.988. The fourth-order valence-corrected chi connectivity index (χ4v) is 4.60. The van der Waals surface area contributed by atoms with E-state index in [1.165, 1.54) is 30.2 Å². The lowest BCUT2D eigenvalue weighted by atomic mass is 9.93. The number of aryl methyl sites for hydroxylation is 1. The molecule has 11 heteroatoms. The minimum absolute atomic E-state index is 0.110. The van der Waals surface area contributed by atoms with Crippen LogP contribution in [0.15, 0.2) is 29.8 Å². The summed E-state index contributed by atoms with van der Waals surface area (Å²) in [7, 11) is 1.22. The van der Waals surface area contributed by atoms with Crippen LogP contribution in [0, 0.1) is 24.0 Å². The normalized spacial score (nSPS) is 17.2. The number of likely N-dealkylation sites (N-methyl/N-ethyl adjacent to an activating group) is 1. The third-order valence-corrected chi connectivity index (χ3v) is 6.55. The average Bonchev–Trinajstić information content (AvgIpc) is 3.30. The van der Waals surface area contributed by atoms with Gasteiger partial charge in [0.05, 0.1) is 23.6 Å². The van der Waals surface area contributed by atoms with Crippen molar-refractivity contribution in [2.45, 2.75) is 33.7 Å². The van der Waals surface area contributed by atoms with Gasteiger partial charge in [-0.3, -0.25) is 19.7 Å². The van der Waals surface area contributed by atoms with Crippen LogP contribution in [0.4, 0.5) is 5.69 Å². The minimum Gasteiger partial charge on any atom is -0.507 e. The molecule has 1 saturated heterocycles. The molecule has 2 aromatic rings. The Hall–Kier alpha value is -3.99. The van der Waals surface area contributed by atoms with E-state index in [0.29, 0.717) is 23.4 Å². The van der Waals surface area contributed by atoms with Gasteiger partial charge in [0.15, 0.2) is 0 Å². The van der Waals surface area contributed by atoms with Crippen LogP contribution in [0.25, 0.3) is 5.76 Å². The van der Waals surface area contributed by atoms with Crippen LogP contribution in [0.2, 0.25) is 0 Å². The molecule has 1 aromatic heterocycles. The average molecular weight is 499 g/mol. The van der Waals surface area contributed by atoms with Crippen molar-refractivity contribution in [3.63, 3.8) is 0 Å². The number of nitrogens with zero attached hydrogens (tertiary/aromatic N) is 3. The fraction of sp³-hybridized carbons (Fsp3) is 0.400. The highest BCUT2D eigenvalue weighted by Gasteiger charge is 2.46. The zero-order valence-corrected chi connectivity index (χ0v) is 21.0. The fourth-order valence-electron chi connectivity index (χ4n) is 4.60. The van der Waals surface area contributed by atoms with Crippen molar-refractivity contribution in [2.24, 2.45) is 0 Å². The number of Topliss-reactive ketones (excluding diaryl/α,β-unsaturated/α-hetero) is 1. The van der Waals surface area contributed by atoms with E-state index in [9.17, 15) is 29.6 Å². The van der Waals surface area contributed by atoms with E-state index in [4.69, 9.17) is 4.74 Å². The number of amides is 1. The Morgan fingerprint density at radius 1 is 1.25 bits per heavy atom. The molecule has 11 nitrogen and oxygen atoms in total. The molecule has 2 heterocycles. The quantitative estimate of drug-likeness (QED) is 0.134. The summed E-state index contributed by atoms with van der Waals surface area (Å²) >= 11 is 0. The highest BCUT2D eigenvalue weighted by molar-refractivity contribution is 6.46. The maximum absolute atomic E-state index is 13.3. The number of esters is 1. The molecule has 0 spiro atoms. The van der Waals surface area contributed by atoms with Gasteiger partial charge in [0.25, 0.3) is 17.4 Å². The molecule has 192 valence electrons. The lowest BCUT2D eigenvalue weighted by Crippen LogP contribution is -2.38. The lowest BCUT2D eigenvalue weighted by Gasteiger charge is -2.28. The van der Waals surface area contributed by atoms with Crippen molar-refractivity contribution in [3.05, 3.63) is 68.0 Å².